The zero-order valence-corrected chi connectivity index (χ0v) is 5.38. The molecule has 0 aliphatic carbocycles. The average Bonchev–Trinajstić information content (AvgIpc) is 1.39. The van der Waals surface area contributed by atoms with Crippen molar-refractivity contribution in [2.24, 2.45) is 0 Å². The predicted octanol–water partition coefficient (Wildman–Crippen LogP) is -3.27. The van der Waals surface area contributed by atoms with Gasteiger partial charge in [-0.05, 0) is 0 Å². The van der Waals surface area contributed by atoms with E-state index in [9.17, 15) is 0 Å². The number of carbonyl (C=O) groups is 2. The molecule has 0 unspecified atom stereocenters. The van der Waals surface area contributed by atoms with Gasteiger partial charge >= 0.3 is 21.1 Å². The molecule has 0 aromatic rings. The van der Waals surface area contributed by atoms with Crippen LogP contribution in [0.2, 0.25) is 0 Å². The van der Waals surface area contributed by atoms with Crippen LogP contribution in [0.15, 0.2) is 0 Å². The van der Waals surface area contributed by atoms with Crippen molar-refractivity contribution in [3.8, 4) is 0 Å². The van der Waals surface area contributed by atoms with Crippen molar-refractivity contribution < 1.29 is 40.9 Å². The normalized spacial score (nSPS) is 3.43. The predicted molar refractivity (Wildman–Crippen MR) is 12.1 cm³/mol. The van der Waals surface area contributed by atoms with Gasteiger partial charge in [0.05, 0.1) is 0 Å². The van der Waals surface area contributed by atoms with Crippen LogP contribution >= 0.6 is 0 Å². The number of hydrogen-bond acceptors (Lipinski definition) is 4. The number of hydrogen-bond donors (Lipinski definition) is 0. The molecule has 0 saturated carbocycles. The second-order valence-corrected chi connectivity index (χ2v) is 0.192. The van der Waals surface area contributed by atoms with Gasteiger partial charge in [-0.15, -0.1) is 0 Å². The molecule has 0 aliphatic rings. The minimum atomic E-state index is -0.500. The molecule has 0 N–H and O–H groups in total. The van der Waals surface area contributed by atoms with E-state index in [1.165, 1.54) is 0 Å². The summed E-state index contributed by atoms with van der Waals surface area (Å²) < 4.78 is 0. The van der Waals surface area contributed by atoms with Crippen LogP contribution in [0.5, 0.6) is 0 Å². The topological polar surface area (TPSA) is 80.3 Å². The van der Waals surface area contributed by atoms with Crippen molar-refractivity contribution in [2.45, 2.75) is 0 Å². The third-order valence-electron chi connectivity index (χ3n) is 0. The van der Waals surface area contributed by atoms with Gasteiger partial charge in [0.15, 0.2) is 0 Å². The number of carboxylic acid groups (broad SMARTS) is 2. The molecular weight excluding hydrogens is 283 g/mol. The first-order valence-electron chi connectivity index (χ1n) is 0.943. The maximum atomic E-state index is 8.25. The quantitative estimate of drug-likeness (QED) is 0.437. The van der Waals surface area contributed by atoms with E-state index in [-0.39, 0.29) is 21.1 Å². The maximum absolute atomic E-state index is 8.25. The molecule has 5 heteroatoms. The van der Waals surface area contributed by atoms with Crippen LogP contribution in [0, 0.1) is 0 Å². The summed E-state index contributed by atoms with van der Waals surface area (Å²) in [6.07, 6.45) is 0. The van der Waals surface area contributed by atoms with E-state index >= 15 is 0 Å². The van der Waals surface area contributed by atoms with E-state index in [0.717, 1.165) is 0 Å². The zero-order valence-electron chi connectivity index (χ0n) is 3.10. The minimum absolute atomic E-state index is 0. The summed E-state index contributed by atoms with van der Waals surface area (Å²) in [5.74, 6) is 0. The van der Waals surface area contributed by atoms with Gasteiger partial charge in [0.1, 0.15) is 0 Å². The Kier molecular flexibility index (Phi) is 104. The molecule has 0 atom stereocenters. The van der Waals surface area contributed by atoms with E-state index in [1.54, 1.807) is 0 Å². The Bertz CT molecular complexity index is 30.7. The van der Waals surface area contributed by atoms with Crippen LogP contribution < -0.4 is 10.2 Å². The van der Waals surface area contributed by atoms with Crippen molar-refractivity contribution in [2.75, 3.05) is 0 Å². The van der Waals surface area contributed by atoms with Gasteiger partial charge in [-0.3, -0.25) is 0 Å². The molecule has 0 aromatic carbocycles. The summed E-state index contributed by atoms with van der Waals surface area (Å²) in [7, 11) is 0. The van der Waals surface area contributed by atoms with E-state index < -0.39 is 12.9 Å². The van der Waals surface area contributed by atoms with Gasteiger partial charge in [-0.2, -0.15) is 0 Å². The summed E-state index contributed by atoms with van der Waals surface area (Å²) in [6, 6.07) is 0. The Labute approximate surface area is 54.4 Å². The molecule has 0 fully saturated rings. The molecule has 4 nitrogen and oxygen atoms in total. The van der Waals surface area contributed by atoms with Crippen LogP contribution in [0.3, 0.4) is 0 Å². The maximum Gasteiger partial charge on any atom is 2.00 e. The molecule has 0 radical (unpaired) electrons. The standard InChI is InChI=1S/2CH2O2.Pt/c2*2-1-3;/h2*1H,(H,2,3);/q;;+2/p-2. The van der Waals surface area contributed by atoms with E-state index in [2.05, 4.69) is 0 Å². The van der Waals surface area contributed by atoms with Gasteiger partial charge < -0.3 is 19.8 Å². The third kappa shape index (κ3) is 536. The molecule has 7 heavy (non-hydrogen) atoms. The van der Waals surface area contributed by atoms with Crippen molar-refractivity contribution in [3.63, 3.8) is 0 Å². The molecule has 0 aromatic heterocycles. The van der Waals surface area contributed by atoms with E-state index in [1.807, 2.05) is 0 Å². The number of rotatable bonds is 0. The second-order valence-electron chi connectivity index (χ2n) is 0.192. The fourth-order valence-electron chi connectivity index (χ4n) is 0. The van der Waals surface area contributed by atoms with Gasteiger partial charge in [-0.25, -0.2) is 0 Å². The molecule has 0 spiro atoms. The summed E-state index contributed by atoms with van der Waals surface area (Å²) in [5, 5.41) is 16.5. The molecule has 0 heterocycles. The Balaban J connectivity index is -0.0000000400. The summed E-state index contributed by atoms with van der Waals surface area (Å²) in [6.45, 7) is -1.00. The molecule has 0 saturated heterocycles. The van der Waals surface area contributed by atoms with Crippen LogP contribution in [-0.2, 0) is 30.7 Å². The Hall–Kier alpha value is -0.372. The van der Waals surface area contributed by atoms with Crippen LogP contribution in [0.4, 0.5) is 0 Å². The summed E-state index contributed by atoms with van der Waals surface area (Å²) in [5.41, 5.74) is 0. The molecular formula is C2H2O4Pt. The molecule has 0 aliphatic heterocycles. The van der Waals surface area contributed by atoms with Crippen LogP contribution in [-0.4, -0.2) is 12.9 Å². The first kappa shape index (κ1) is 15.9. The van der Waals surface area contributed by atoms with Gasteiger partial charge in [-0.1, -0.05) is 0 Å². The molecule has 0 amide bonds. The third-order valence-corrected chi connectivity index (χ3v) is 0. The van der Waals surface area contributed by atoms with E-state index in [4.69, 9.17) is 19.8 Å². The van der Waals surface area contributed by atoms with Crippen molar-refractivity contribution in [1.82, 2.24) is 0 Å². The average molecular weight is 285 g/mol. The fraction of sp³-hybridized carbons (Fsp3) is 0. The monoisotopic (exact) mass is 285 g/mol. The first-order valence-corrected chi connectivity index (χ1v) is 0.943. The molecule has 0 bridgehead atoms. The fourth-order valence-corrected chi connectivity index (χ4v) is 0. The Morgan fingerprint density at radius 2 is 1.00 bits per heavy atom. The van der Waals surface area contributed by atoms with Crippen LogP contribution in [0.25, 0.3) is 0 Å². The van der Waals surface area contributed by atoms with Crippen molar-refractivity contribution in [3.05, 3.63) is 0 Å². The summed E-state index contributed by atoms with van der Waals surface area (Å²) >= 11 is 0. The Morgan fingerprint density at radius 1 is 1.00 bits per heavy atom. The van der Waals surface area contributed by atoms with Crippen molar-refractivity contribution in [1.29, 1.82) is 0 Å². The van der Waals surface area contributed by atoms with Gasteiger partial charge in [0.2, 0.25) is 0 Å². The summed E-state index contributed by atoms with van der Waals surface area (Å²) in [4.78, 5) is 16.5. The van der Waals surface area contributed by atoms with Gasteiger partial charge in [0, 0.05) is 12.9 Å². The largest absolute Gasteiger partial charge is 2.00 e. The second kappa shape index (κ2) is 45.5. The Morgan fingerprint density at radius 3 is 1.00 bits per heavy atom. The SMILES string of the molecule is O=C[O-].O=C[O-].[Pt+2]. The smallest absolute Gasteiger partial charge is 0.554 e. The van der Waals surface area contributed by atoms with Crippen molar-refractivity contribution >= 4 is 12.9 Å². The number of carbonyl (C=O) groups excluding carboxylic acids is 2. The minimum Gasteiger partial charge on any atom is -0.554 e. The van der Waals surface area contributed by atoms with E-state index in [0.29, 0.717) is 0 Å². The van der Waals surface area contributed by atoms with Gasteiger partial charge in [0.25, 0.3) is 0 Å². The molecule has 0 rings (SSSR count). The molecule has 44 valence electrons. The van der Waals surface area contributed by atoms with Crippen LogP contribution in [0.1, 0.15) is 0 Å². The first-order chi connectivity index (χ1) is 2.83. The zero-order chi connectivity index (χ0) is 5.41.